The molecular weight excluding hydrogens is 1840 g/mol. The summed E-state index contributed by atoms with van der Waals surface area (Å²) in [5.41, 5.74) is 21.1. The van der Waals surface area contributed by atoms with Crippen molar-refractivity contribution < 1.29 is 28.8 Å². The summed E-state index contributed by atoms with van der Waals surface area (Å²) in [6, 6.07) is 42.6. The zero-order chi connectivity index (χ0) is 96.6. The lowest BCUT2D eigenvalue weighted by Crippen LogP contribution is -2.40. The second-order valence-electron chi connectivity index (χ2n) is 30.7. The molecule has 34 nitrogen and oxygen atoms in total. The number of hydrogen-bond acceptors (Lipinski definition) is 27. The van der Waals surface area contributed by atoms with Gasteiger partial charge in [0.05, 0.1) is 31.7 Å². The Bertz CT molecular complexity index is 6980. The third-order valence-electron chi connectivity index (χ3n) is 20.7. The molecular formula is C93H96N24O10S7. The van der Waals surface area contributed by atoms with Crippen molar-refractivity contribution in [1.82, 2.24) is 55.2 Å². The zero-order valence-electron chi connectivity index (χ0n) is 75.5. The number of carbonyl (C=O) groups excluding carboxylic acids is 6. The van der Waals surface area contributed by atoms with Crippen LogP contribution in [0.3, 0.4) is 0 Å². The fourth-order valence-electron chi connectivity index (χ4n) is 13.7. The van der Waals surface area contributed by atoms with Crippen LogP contribution in [0.1, 0.15) is 154 Å². The number of nitrogens with two attached hydrogens (primary N) is 2. The van der Waals surface area contributed by atoms with E-state index in [1.807, 2.05) is 120 Å². The summed E-state index contributed by atoms with van der Waals surface area (Å²) in [7, 11) is 0. The van der Waals surface area contributed by atoms with Crippen LogP contribution in [0.5, 0.6) is 0 Å². The molecule has 0 atom stereocenters. The number of fused-ring (bicyclic) bond motifs is 5. The number of hydrazine groups is 2. The first-order valence-corrected chi connectivity index (χ1v) is 46.6. The number of benzene rings is 4. The number of ketones is 1. The summed E-state index contributed by atoms with van der Waals surface area (Å²) >= 11 is 19.0. The number of H-pyrrole nitrogens is 4. The average molecular weight is 1930 g/mol. The van der Waals surface area contributed by atoms with Crippen molar-refractivity contribution >= 4 is 193 Å². The third kappa shape index (κ3) is 24.7. The van der Waals surface area contributed by atoms with Gasteiger partial charge in [-0.3, -0.25) is 62.9 Å². The van der Waals surface area contributed by atoms with E-state index in [4.69, 9.17) is 50.6 Å². The van der Waals surface area contributed by atoms with E-state index >= 15 is 0 Å². The van der Waals surface area contributed by atoms with Crippen LogP contribution in [0, 0.1) is 62.3 Å². The van der Waals surface area contributed by atoms with Crippen LogP contribution in [0.4, 0.5) is 43.7 Å². The van der Waals surface area contributed by atoms with E-state index in [0.29, 0.717) is 52.5 Å². The molecule has 4 aromatic carbocycles. The first-order chi connectivity index (χ1) is 63.9. The van der Waals surface area contributed by atoms with E-state index in [0.717, 1.165) is 143 Å². The van der Waals surface area contributed by atoms with Crippen molar-refractivity contribution in [3.8, 4) is 5.00 Å². The normalized spacial score (nSPS) is 12.2. The fourth-order valence-corrected chi connectivity index (χ4v) is 19.1. The fraction of sp³-hybridized carbons (Fsp3) is 0.204. The van der Waals surface area contributed by atoms with Crippen LogP contribution in [0.2, 0.25) is 0 Å². The number of hydrazone groups is 3. The maximum absolute atomic E-state index is 13.3. The predicted molar refractivity (Wildman–Crippen MR) is 544 cm³/mol. The van der Waals surface area contributed by atoms with E-state index in [9.17, 15) is 47.9 Å². The van der Waals surface area contributed by atoms with Crippen LogP contribution in [-0.2, 0) is 50.2 Å². The number of aryl methyl sites for hydroxylation is 5. The lowest BCUT2D eigenvalue weighted by atomic mass is 10.00. The number of aliphatic imine (C=N–C) groups is 1. The minimum atomic E-state index is -0.218. The number of thiocarbonyl (C=S) groups is 2. The molecule has 0 aliphatic carbocycles. The maximum Gasteiger partial charge on any atom is 0.253 e. The van der Waals surface area contributed by atoms with E-state index in [2.05, 4.69) is 109 Å². The number of aromatic nitrogens is 7. The molecule has 0 saturated heterocycles. The zero-order valence-corrected chi connectivity index (χ0v) is 81.2. The van der Waals surface area contributed by atoms with Gasteiger partial charge in [0.2, 0.25) is 51.8 Å². The van der Waals surface area contributed by atoms with Gasteiger partial charge in [0.25, 0.3) is 5.95 Å². The van der Waals surface area contributed by atoms with Gasteiger partial charge >= 0.3 is 0 Å². The van der Waals surface area contributed by atoms with Crippen LogP contribution < -0.4 is 76.3 Å². The molecule has 3 aliphatic rings. The first-order valence-electron chi connectivity index (χ1n) is 41.3. The molecule has 12 heterocycles. The van der Waals surface area contributed by atoms with Crippen LogP contribution in [-0.4, -0.2) is 124 Å². The van der Waals surface area contributed by atoms with Crippen molar-refractivity contribution in [1.29, 1.82) is 0 Å². The van der Waals surface area contributed by atoms with Gasteiger partial charge in [-0.25, -0.2) is 31.7 Å². The molecule has 3 aliphatic heterocycles. The summed E-state index contributed by atoms with van der Waals surface area (Å²) in [5.74, 6) is 11.1. The van der Waals surface area contributed by atoms with Crippen molar-refractivity contribution in [3.05, 3.63) is 326 Å². The molecule has 134 heavy (non-hydrogen) atoms. The number of carbonyl (C=O) groups is 6. The number of hydrogen-bond donors (Lipinski definition) is 13. The van der Waals surface area contributed by atoms with Crippen molar-refractivity contribution in [3.63, 3.8) is 0 Å². The summed E-state index contributed by atoms with van der Waals surface area (Å²) < 4.78 is 2.04. The quantitative estimate of drug-likeness (QED) is 0.0125. The Labute approximate surface area is 800 Å². The smallest absolute Gasteiger partial charge is 0.253 e. The lowest BCUT2D eigenvalue weighted by molar-refractivity contribution is -0.119. The Kier molecular flexibility index (Phi) is 32.5. The molecule has 13 aromatic rings. The SMILES string of the molecule is CC(=O)NN.CC(=O)Nc1ccc(C(=O)c2c(NC(=S)N(N)Cc3ccc(=O)[nH]c3)sc(C)c2C)cc1.CC(=O)Nc1ccc(C2=NN(Cc3ccc(=O)[nH]c3)C(=S)Nc3sc(C)c(C)c32)cc1.CC(=O)Nc1ccc(C2=NN(Cc3ccc(=O)[nH]c3)c3nnc(C)n3-c3sc(C)c(C)c32)cc1.CSC1=Nc2sc(C)c(C)c2C(c2ccc(NC(C)=O)cc2)=NN1Cc1ccc(=O)[nH]c1. The molecule has 9 aromatic heterocycles. The molecule has 0 saturated carbocycles. The molecule has 41 heteroatoms. The average Bonchev–Trinajstić information content (AvgIpc) is 1.59. The topological polar surface area (TPSA) is 463 Å². The number of thioether (sulfide) groups is 1. The van der Waals surface area contributed by atoms with Crippen LogP contribution in [0.25, 0.3) is 5.00 Å². The van der Waals surface area contributed by atoms with Gasteiger partial charge in [-0.1, -0.05) is 72.4 Å². The standard InChI is InChI=1S/C24H23N7O2S.C23H23N5O2S2.C22H23N5O3S2.C22H21N5O2S2.C2H6N2O/c1-13-14(2)34-23-21(13)22(18-6-8-19(9-7-18)26-16(4)32)29-30(24-28-27-15(3)31(23)24)12-17-5-10-20(33)25-11-17;1-13-14(2)32-22-20(13)21(17-6-8-18(9-7-17)25-15(3)29)27-28(23(26-22)31-4)12-16-5-10-19(30)24-11-16;1-12-13(2)32-21(26-22(31)27(23)11-15-4-9-18(29)24-10-15)19(12)20(30)16-5-7-17(8-6-16)25-14(3)28;1-12-13(2)31-21-19(12)20(16-5-7-17(8-6-16)24-14(3)28)26-27(22(30)25-21)11-15-4-9-18(29)23-10-15;1-2(5)4-3/h5-11H,12H2,1-4H3,(H,25,33)(H,26,32);5-11H,12H2,1-4H3,(H,24,30)(H,25,29);4-10H,11,23H2,1-3H3,(H,24,29)(H,25,28)(H,26,31);4-10H,11H2,1-3H3,(H,23,29)(H,24,28)(H,25,30);3H2,1H3,(H,4,5). The number of anilines is 7. The van der Waals surface area contributed by atoms with Crippen molar-refractivity contribution in [2.45, 2.75) is 123 Å². The van der Waals surface area contributed by atoms with Gasteiger partial charge in [0.15, 0.2) is 21.2 Å². The molecule has 0 bridgehead atoms. The molecule has 0 radical (unpaired) electrons. The highest BCUT2D eigenvalue weighted by molar-refractivity contribution is 8.13. The molecule has 16 rings (SSSR count). The highest BCUT2D eigenvalue weighted by Crippen LogP contribution is 2.43. The number of thiophene rings is 4. The van der Waals surface area contributed by atoms with Crippen LogP contribution in [0.15, 0.2) is 210 Å². The second kappa shape index (κ2) is 44.2. The molecule has 0 unspecified atom stereocenters. The summed E-state index contributed by atoms with van der Waals surface area (Å²) in [4.78, 5) is 134. The van der Waals surface area contributed by atoms with E-state index < -0.39 is 0 Å². The van der Waals surface area contributed by atoms with Gasteiger partial charge in [-0.2, -0.15) is 15.3 Å². The summed E-state index contributed by atoms with van der Waals surface area (Å²) in [6.45, 7) is 27.1. The number of nitrogens with zero attached hydrogens (tertiary/aromatic N) is 11. The first kappa shape index (κ1) is 98.6. The molecule has 0 spiro atoms. The van der Waals surface area contributed by atoms with Gasteiger partial charge in [-0.05, 0) is 198 Å². The van der Waals surface area contributed by atoms with Gasteiger partial charge in [0, 0.05) is 165 Å². The largest absolute Gasteiger partial charge is 0.329 e. The molecule has 15 N–H and O–H groups in total. The minimum Gasteiger partial charge on any atom is -0.329 e. The van der Waals surface area contributed by atoms with Gasteiger partial charge in [0.1, 0.15) is 43.0 Å². The Hall–Kier alpha value is -14.4. The molecule has 0 fully saturated rings. The van der Waals surface area contributed by atoms with Crippen molar-refractivity contribution in [2.24, 2.45) is 32.0 Å². The van der Waals surface area contributed by atoms with Crippen molar-refractivity contribution in [2.75, 3.05) is 43.2 Å². The van der Waals surface area contributed by atoms with Gasteiger partial charge in [-0.15, -0.1) is 55.5 Å². The van der Waals surface area contributed by atoms with E-state index in [-0.39, 0.29) is 69.2 Å². The highest BCUT2D eigenvalue weighted by Gasteiger charge is 2.33. The lowest BCUT2D eigenvalue weighted by Gasteiger charge is -2.20. The Balaban J connectivity index is 0.000000158. The number of amides is 5. The summed E-state index contributed by atoms with van der Waals surface area (Å²) in [5, 5.41) is 53.1. The second-order valence-corrected chi connectivity index (χ2v) is 37.1. The number of nitrogens with one attached hydrogen (secondary N) is 11. The number of pyridine rings is 4. The third-order valence-corrected chi connectivity index (χ3v) is 26.6. The van der Waals surface area contributed by atoms with Gasteiger partial charge < -0.3 is 51.8 Å². The van der Waals surface area contributed by atoms with E-state index in [1.54, 1.807) is 112 Å². The number of aromatic amines is 4. The van der Waals surface area contributed by atoms with Crippen LogP contribution >= 0.6 is 81.5 Å². The Morgan fingerprint density at radius 2 is 0.843 bits per heavy atom. The van der Waals surface area contributed by atoms with E-state index in [1.165, 1.54) is 102 Å². The maximum atomic E-state index is 13.3. The number of rotatable bonds is 18. The molecule has 690 valence electrons. The Morgan fingerprint density at radius 3 is 1.29 bits per heavy atom. The predicted octanol–water partition coefficient (Wildman–Crippen LogP) is 14.6. The monoisotopic (exact) mass is 1930 g/mol. The summed E-state index contributed by atoms with van der Waals surface area (Å²) in [6.07, 6.45) is 8.60. The number of amidine groups is 1. The molecule has 5 amide bonds. The highest BCUT2D eigenvalue weighted by atomic mass is 32.2. The Morgan fingerprint density at radius 1 is 0.455 bits per heavy atom. The minimum absolute atomic E-state index is 0.110.